The first-order valence-corrected chi connectivity index (χ1v) is 9.48. The maximum Gasteiger partial charge on any atom is 0.409 e. The average molecular weight is 398 g/mol. The van der Waals surface area contributed by atoms with Gasteiger partial charge < -0.3 is 29.3 Å². The molecule has 1 aromatic carbocycles. The highest BCUT2D eigenvalue weighted by Crippen LogP contribution is 2.34. The summed E-state index contributed by atoms with van der Waals surface area (Å²) in [5.74, 6) is 1.83. The van der Waals surface area contributed by atoms with Gasteiger partial charge >= 0.3 is 6.09 Å². The van der Waals surface area contributed by atoms with E-state index in [2.05, 4.69) is 10.3 Å². The number of anilines is 2. The topological polar surface area (TPSA) is 93.2 Å². The van der Waals surface area contributed by atoms with Crippen molar-refractivity contribution in [2.24, 2.45) is 0 Å². The number of pyridine rings is 1. The Hall–Kier alpha value is -3.49. The monoisotopic (exact) mass is 398 g/mol. The lowest BCUT2D eigenvalue weighted by Crippen LogP contribution is -2.50. The molecule has 2 amide bonds. The predicted molar refractivity (Wildman–Crippen MR) is 105 cm³/mol. The van der Waals surface area contributed by atoms with E-state index in [0.717, 1.165) is 5.69 Å². The number of ether oxygens (including phenoxy) is 3. The fraction of sp³-hybridized carbons (Fsp3) is 0.350. The molecule has 0 aliphatic carbocycles. The van der Waals surface area contributed by atoms with Gasteiger partial charge in [0, 0.05) is 49.7 Å². The molecular formula is C20H22N4O5. The van der Waals surface area contributed by atoms with Gasteiger partial charge in [-0.1, -0.05) is 0 Å². The van der Waals surface area contributed by atoms with E-state index in [4.69, 9.17) is 14.2 Å². The van der Waals surface area contributed by atoms with Crippen molar-refractivity contribution in [3.63, 3.8) is 0 Å². The minimum atomic E-state index is -0.335. The number of carbonyl (C=O) groups excluding carboxylic acids is 2. The van der Waals surface area contributed by atoms with Crippen LogP contribution in [-0.4, -0.2) is 66.4 Å². The third-order valence-electron chi connectivity index (χ3n) is 4.74. The first-order valence-electron chi connectivity index (χ1n) is 9.48. The van der Waals surface area contributed by atoms with Gasteiger partial charge in [0.1, 0.15) is 5.82 Å². The maximum absolute atomic E-state index is 12.9. The molecule has 4 rings (SSSR count). The predicted octanol–water partition coefficient (Wildman–Crippen LogP) is 2.47. The van der Waals surface area contributed by atoms with Gasteiger partial charge in [-0.2, -0.15) is 0 Å². The lowest BCUT2D eigenvalue weighted by Gasteiger charge is -2.34. The van der Waals surface area contributed by atoms with Gasteiger partial charge in [-0.25, -0.2) is 9.78 Å². The zero-order chi connectivity index (χ0) is 20.2. The van der Waals surface area contributed by atoms with Crippen LogP contribution < -0.4 is 14.8 Å². The molecule has 1 fully saturated rings. The van der Waals surface area contributed by atoms with Crippen LogP contribution in [0.15, 0.2) is 36.5 Å². The number of nitrogens with zero attached hydrogens (tertiary/aromatic N) is 3. The molecule has 2 aliphatic heterocycles. The van der Waals surface area contributed by atoms with Gasteiger partial charge in [0.05, 0.1) is 6.61 Å². The van der Waals surface area contributed by atoms with Gasteiger partial charge in [0.15, 0.2) is 11.5 Å². The number of aromatic nitrogens is 1. The van der Waals surface area contributed by atoms with Crippen LogP contribution in [0.1, 0.15) is 17.3 Å². The van der Waals surface area contributed by atoms with E-state index in [9.17, 15) is 9.59 Å². The zero-order valence-corrected chi connectivity index (χ0v) is 16.1. The molecule has 2 aromatic rings. The first kappa shape index (κ1) is 18.9. The second-order valence-electron chi connectivity index (χ2n) is 6.60. The molecule has 29 heavy (non-hydrogen) atoms. The van der Waals surface area contributed by atoms with Crippen molar-refractivity contribution in [3.8, 4) is 11.5 Å². The lowest BCUT2D eigenvalue weighted by molar-refractivity contribution is 0.0570. The number of nitrogens with one attached hydrogen (secondary N) is 1. The van der Waals surface area contributed by atoms with Crippen LogP contribution >= 0.6 is 0 Å². The van der Waals surface area contributed by atoms with E-state index >= 15 is 0 Å². The van der Waals surface area contributed by atoms with Crippen LogP contribution in [0.2, 0.25) is 0 Å². The molecule has 0 saturated carbocycles. The van der Waals surface area contributed by atoms with E-state index in [1.165, 1.54) is 0 Å². The quantitative estimate of drug-likeness (QED) is 0.846. The van der Waals surface area contributed by atoms with Crippen LogP contribution in [0.5, 0.6) is 11.5 Å². The second-order valence-corrected chi connectivity index (χ2v) is 6.60. The van der Waals surface area contributed by atoms with Crippen LogP contribution in [0.4, 0.5) is 16.3 Å². The highest BCUT2D eigenvalue weighted by Gasteiger charge is 2.25. The van der Waals surface area contributed by atoms with E-state index in [1.54, 1.807) is 35.1 Å². The maximum atomic E-state index is 12.9. The van der Waals surface area contributed by atoms with Crippen molar-refractivity contribution < 1.29 is 23.8 Å². The lowest BCUT2D eigenvalue weighted by atomic mass is 10.2. The molecule has 152 valence electrons. The van der Waals surface area contributed by atoms with Crippen molar-refractivity contribution in [1.82, 2.24) is 14.8 Å². The van der Waals surface area contributed by atoms with Crippen LogP contribution in [0.25, 0.3) is 0 Å². The third kappa shape index (κ3) is 4.18. The zero-order valence-electron chi connectivity index (χ0n) is 16.1. The minimum absolute atomic E-state index is 0.0929. The summed E-state index contributed by atoms with van der Waals surface area (Å²) >= 11 is 0. The molecule has 9 nitrogen and oxygen atoms in total. The number of piperazine rings is 1. The smallest absolute Gasteiger partial charge is 0.409 e. The minimum Gasteiger partial charge on any atom is -0.454 e. The Balaban J connectivity index is 1.39. The summed E-state index contributed by atoms with van der Waals surface area (Å²) in [5.41, 5.74) is 1.32. The highest BCUT2D eigenvalue weighted by molar-refractivity contribution is 5.95. The van der Waals surface area contributed by atoms with Gasteiger partial charge in [0.25, 0.3) is 5.91 Å². The Morgan fingerprint density at radius 2 is 1.83 bits per heavy atom. The average Bonchev–Trinajstić information content (AvgIpc) is 3.21. The summed E-state index contributed by atoms with van der Waals surface area (Å²) in [6, 6.07) is 8.91. The van der Waals surface area contributed by atoms with Gasteiger partial charge in [-0.3, -0.25) is 4.79 Å². The first-order chi connectivity index (χ1) is 14.1. The molecule has 1 aromatic heterocycles. The fourth-order valence-electron chi connectivity index (χ4n) is 3.24. The third-order valence-corrected chi connectivity index (χ3v) is 4.74. The summed E-state index contributed by atoms with van der Waals surface area (Å²) in [7, 11) is 0. The summed E-state index contributed by atoms with van der Waals surface area (Å²) in [5, 5.41) is 3.18. The van der Waals surface area contributed by atoms with E-state index < -0.39 is 0 Å². The molecule has 0 atom stereocenters. The Morgan fingerprint density at radius 3 is 2.62 bits per heavy atom. The molecule has 9 heteroatoms. The van der Waals surface area contributed by atoms with E-state index in [-0.39, 0.29) is 18.8 Å². The molecule has 0 unspecified atom stereocenters. The van der Waals surface area contributed by atoms with Crippen LogP contribution in [0.3, 0.4) is 0 Å². The number of hydrogen-bond acceptors (Lipinski definition) is 7. The molecule has 1 saturated heterocycles. The second kappa shape index (κ2) is 8.26. The molecule has 0 spiro atoms. The number of amides is 2. The number of fused-ring (bicyclic) bond motifs is 1. The highest BCUT2D eigenvalue weighted by atomic mass is 16.7. The Bertz CT molecular complexity index is 911. The van der Waals surface area contributed by atoms with E-state index in [1.807, 2.05) is 18.2 Å². The summed E-state index contributed by atoms with van der Waals surface area (Å²) < 4.78 is 15.7. The van der Waals surface area contributed by atoms with Gasteiger partial charge in [-0.05, 0) is 31.2 Å². The Kier molecular flexibility index (Phi) is 5.37. The van der Waals surface area contributed by atoms with Crippen LogP contribution in [-0.2, 0) is 4.74 Å². The van der Waals surface area contributed by atoms with Gasteiger partial charge in [-0.15, -0.1) is 0 Å². The number of benzene rings is 1. The SMILES string of the molecule is CCOC(=O)N1CCN(C(=O)c2ccnc(Nc3ccc4c(c3)OCO4)c2)CC1. The summed E-state index contributed by atoms with van der Waals surface area (Å²) in [4.78, 5) is 32.3. The molecule has 0 bridgehead atoms. The van der Waals surface area contributed by atoms with Crippen molar-refractivity contribution in [2.45, 2.75) is 6.92 Å². The molecule has 2 aliphatic rings. The normalized spacial score (nSPS) is 15.2. The number of carbonyl (C=O) groups is 2. The summed E-state index contributed by atoms with van der Waals surface area (Å²) in [6.45, 7) is 4.17. The largest absolute Gasteiger partial charge is 0.454 e. The molecule has 3 heterocycles. The Labute approximate surface area is 168 Å². The standard InChI is InChI=1S/C20H22N4O5/c1-2-27-20(26)24-9-7-23(8-10-24)19(25)14-5-6-21-18(11-14)22-15-3-4-16-17(12-15)29-13-28-16/h3-6,11-12H,2,7-10,13H2,1H3,(H,21,22). The van der Waals surface area contributed by atoms with Crippen molar-refractivity contribution in [1.29, 1.82) is 0 Å². The fourth-order valence-corrected chi connectivity index (χ4v) is 3.24. The van der Waals surface area contributed by atoms with Crippen LogP contribution in [0, 0.1) is 0 Å². The Morgan fingerprint density at radius 1 is 1.07 bits per heavy atom. The van der Waals surface area contributed by atoms with Crippen molar-refractivity contribution in [2.75, 3.05) is 44.9 Å². The summed E-state index contributed by atoms with van der Waals surface area (Å²) in [6.07, 6.45) is 1.26. The van der Waals surface area contributed by atoms with Crippen molar-refractivity contribution in [3.05, 3.63) is 42.1 Å². The number of hydrogen-bond donors (Lipinski definition) is 1. The molecule has 1 N–H and O–H groups in total. The number of rotatable bonds is 4. The van der Waals surface area contributed by atoms with Gasteiger partial charge in [0.2, 0.25) is 6.79 Å². The van der Waals surface area contributed by atoms with E-state index in [0.29, 0.717) is 55.7 Å². The van der Waals surface area contributed by atoms with Crippen molar-refractivity contribution >= 4 is 23.5 Å². The molecule has 0 radical (unpaired) electrons. The molecular weight excluding hydrogens is 376 g/mol.